The summed E-state index contributed by atoms with van der Waals surface area (Å²) in [5, 5.41) is 0. The summed E-state index contributed by atoms with van der Waals surface area (Å²) >= 11 is 0. The lowest BCUT2D eigenvalue weighted by Gasteiger charge is -2.18. The summed E-state index contributed by atoms with van der Waals surface area (Å²) in [6, 6.07) is 0. The summed E-state index contributed by atoms with van der Waals surface area (Å²) in [5.74, 6) is -0.898. The predicted octanol–water partition coefficient (Wildman–Crippen LogP) is 23.9. The van der Waals surface area contributed by atoms with E-state index in [4.69, 9.17) is 14.2 Å². The molecule has 1 unspecified atom stereocenters. The number of unbranched alkanes of at least 4 members (excludes halogenated alkanes) is 31. The minimum absolute atomic E-state index is 0.0824. The van der Waals surface area contributed by atoms with Gasteiger partial charge in [0.2, 0.25) is 0 Å². The van der Waals surface area contributed by atoms with Gasteiger partial charge in [-0.15, -0.1) is 0 Å². The second-order valence-corrected chi connectivity index (χ2v) is 22.7. The molecule has 0 rings (SSSR count). The maximum absolute atomic E-state index is 12.9. The van der Waals surface area contributed by atoms with Gasteiger partial charge in [-0.25, -0.2) is 0 Å². The molecule has 0 aromatic carbocycles. The van der Waals surface area contributed by atoms with Crippen molar-refractivity contribution in [3.63, 3.8) is 0 Å². The standard InChI is InChI=1S/C76H128O6/c1-4-7-10-13-16-18-20-22-24-26-28-30-32-34-35-36-37-38-39-40-41-43-44-46-48-50-52-54-56-58-60-63-66-69-75(78)81-72-73(71-80-74(77)68-65-62-15-12-9-6-3)82-76(79)70-67-64-61-59-57-55-53-51-49-47-45-42-33-31-29-27-25-23-21-19-17-14-11-8-5-2/h7-8,10-11,16-19,22-25,28-31,42,45,49,51,73H,4-6,9,12-15,20-21,26-27,32-41,43-44,46-48,50,52-72H2,1-3H3/b10-7-,11-8-,18-16-,19-17-,24-22-,25-23-,30-28-,31-29-,45-42-,51-49-. The number of hydrogen-bond donors (Lipinski definition) is 0. The molecule has 0 aliphatic carbocycles. The van der Waals surface area contributed by atoms with Crippen LogP contribution in [-0.2, 0) is 28.6 Å². The van der Waals surface area contributed by atoms with Crippen molar-refractivity contribution in [3.05, 3.63) is 122 Å². The van der Waals surface area contributed by atoms with Gasteiger partial charge in [0.05, 0.1) is 0 Å². The van der Waals surface area contributed by atoms with Crippen molar-refractivity contribution in [2.24, 2.45) is 0 Å². The van der Waals surface area contributed by atoms with Crippen molar-refractivity contribution >= 4 is 17.9 Å². The Morgan fingerprint density at radius 2 is 0.476 bits per heavy atom. The molecule has 0 amide bonds. The van der Waals surface area contributed by atoms with E-state index in [0.717, 1.165) is 135 Å². The second kappa shape index (κ2) is 69.3. The van der Waals surface area contributed by atoms with Crippen LogP contribution in [0.25, 0.3) is 0 Å². The number of rotatable bonds is 62. The van der Waals surface area contributed by atoms with Gasteiger partial charge in [0, 0.05) is 19.3 Å². The molecule has 0 aromatic heterocycles. The lowest BCUT2D eigenvalue weighted by Crippen LogP contribution is -2.30. The normalized spacial score (nSPS) is 12.9. The van der Waals surface area contributed by atoms with Gasteiger partial charge in [0.15, 0.2) is 6.10 Å². The lowest BCUT2D eigenvalue weighted by atomic mass is 10.0. The van der Waals surface area contributed by atoms with Crippen LogP contribution in [0.15, 0.2) is 122 Å². The van der Waals surface area contributed by atoms with Crippen molar-refractivity contribution in [2.45, 2.75) is 329 Å². The number of carbonyl (C=O) groups excluding carboxylic acids is 3. The first-order valence-corrected chi connectivity index (χ1v) is 34.5. The average Bonchev–Trinajstić information content (AvgIpc) is 3.47. The van der Waals surface area contributed by atoms with Gasteiger partial charge < -0.3 is 14.2 Å². The van der Waals surface area contributed by atoms with Gasteiger partial charge in [-0.05, 0) is 109 Å². The van der Waals surface area contributed by atoms with E-state index in [-0.39, 0.29) is 31.1 Å². The molecule has 0 aliphatic heterocycles. The van der Waals surface area contributed by atoms with E-state index < -0.39 is 6.10 Å². The number of carbonyl (C=O) groups is 3. The quantitative estimate of drug-likeness (QED) is 0.0261. The van der Waals surface area contributed by atoms with Gasteiger partial charge in [-0.1, -0.05) is 316 Å². The molecule has 1 atom stereocenters. The van der Waals surface area contributed by atoms with Gasteiger partial charge in [0.25, 0.3) is 0 Å². The molecular weight excluding hydrogens is 1010 g/mol. The van der Waals surface area contributed by atoms with Crippen molar-refractivity contribution in [1.29, 1.82) is 0 Å². The van der Waals surface area contributed by atoms with Crippen LogP contribution in [0.5, 0.6) is 0 Å². The summed E-state index contributed by atoms with van der Waals surface area (Å²) in [5.41, 5.74) is 0. The van der Waals surface area contributed by atoms with E-state index in [2.05, 4.69) is 142 Å². The first kappa shape index (κ1) is 77.8. The first-order valence-electron chi connectivity index (χ1n) is 34.5. The zero-order valence-corrected chi connectivity index (χ0v) is 53.7. The van der Waals surface area contributed by atoms with E-state index in [1.54, 1.807) is 0 Å². The molecule has 468 valence electrons. The molecule has 0 heterocycles. The second-order valence-electron chi connectivity index (χ2n) is 22.7. The van der Waals surface area contributed by atoms with Crippen molar-refractivity contribution in [1.82, 2.24) is 0 Å². The molecule has 6 heteroatoms. The maximum atomic E-state index is 12.9. The van der Waals surface area contributed by atoms with E-state index >= 15 is 0 Å². The zero-order valence-electron chi connectivity index (χ0n) is 53.7. The molecule has 0 spiro atoms. The van der Waals surface area contributed by atoms with Crippen LogP contribution in [-0.4, -0.2) is 37.2 Å². The summed E-state index contributed by atoms with van der Waals surface area (Å²) in [6.45, 7) is 6.36. The number of esters is 3. The monoisotopic (exact) mass is 1140 g/mol. The SMILES string of the molecule is CC/C=C\C/C=C\C/C=C\C/C=C\C/C=C\C/C=C\CCCCCCCCC(=O)OC(COC(=O)CCCCCCCC)COC(=O)CCCCCCCCCCCCCCCCCCCCCC/C=C\C/C=C\C/C=C\C/C=C\CC. The smallest absolute Gasteiger partial charge is 0.306 e. The number of ether oxygens (including phenoxy) is 3. The van der Waals surface area contributed by atoms with Crippen LogP contribution in [0, 0.1) is 0 Å². The van der Waals surface area contributed by atoms with Crippen LogP contribution in [0.3, 0.4) is 0 Å². The van der Waals surface area contributed by atoms with E-state index in [9.17, 15) is 14.4 Å². The van der Waals surface area contributed by atoms with Crippen molar-refractivity contribution in [3.8, 4) is 0 Å². The Hall–Kier alpha value is -4.19. The fourth-order valence-corrected chi connectivity index (χ4v) is 9.62. The van der Waals surface area contributed by atoms with Crippen LogP contribution in [0.2, 0.25) is 0 Å². The first-order chi connectivity index (χ1) is 40.5. The molecule has 0 fully saturated rings. The third-order valence-electron chi connectivity index (χ3n) is 14.7. The third kappa shape index (κ3) is 66.6. The highest BCUT2D eigenvalue weighted by atomic mass is 16.6. The summed E-state index contributed by atoms with van der Waals surface area (Å²) in [6.07, 6.45) is 96.9. The molecule has 0 N–H and O–H groups in total. The molecule has 6 nitrogen and oxygen atoms in total. The minimum Gasteiger partial charge on any atom is -0.462 e. The van der Waals surface area contributed by atoms with Crippen LogP contribution >= 0.6 is 0 Å². The molecule has 82 heavy (non-hydrogen) atoms. The van der Waals surface area contributed by atoms with Gasteiger partial charge in [0.1, 0.15) is 13.2 Å². The van der Waals surface area contributed by atoms with E-state index in [1.807, 2.05) is 0 Å². The van der Waals surface area contributed by atoms with E-state index in [1.165, 1.54) is 148 Å². The van der Waals surface area contributed by atoms with Crippen LogP contribution in [0.1, 0.15) is 323 Å². The molecule has 0 saturated carbocycles. The number of hydrogen-bond acceptors (Lipinski definition) is 6. The minimum atomic E-state index is -0.785. The Morgan fingerprint density at radius 3 is 0.744 bits per heavy atom. The Bertz CT molecular complexity index is 1690. The third-order valence-corrected chi connectivity index (χ3v) is 14.7. The average molecular weight is 1140 g/mol. The van der Waals surface area contributed by atoms with Gasteiger partial charge >= 0.3 is 17.9 Å². The largest absolute Gasteiger partial charge is 0.462 e. The number of allylic oxidation sites excluding steroid dienone is 20. The van der Waals surface area contributed by atoms with Gasteiger partial charge in [-0.3, -0.25) is 14.4 Å². The topological polar surface area (TPSA) is 78.9 Å². The Labute approximate surface area is 507 Å². The zero-order chi connectivity index (χ0) is 59.2. The lowest BCUT2D eigenvalue weighted by molar-refractivity contribution is -0.167. The van der Waals surface area contributed by atoms with Crippen LogP contribution in [0.4, 0.5) is 0 Å². The fourth-order valence-electron chi connectivity index (χ4n) is 9.62. The molecule has 0 bridgehead atoms. The highest BCUT2D eigenvalue weighted by Gasteiger charge is 2.19. The predicted molar refractivity (Wildman–Crippen MR) is 357 cm³/mol. The molecule has 0 aromatic rings. The summed E-state index contributed by atoms with van der Waals surface area (Å²) < 4.78 is 16.8. The molecule has 0 radical (unpaired) electrons. The fraction of sp³-hybridized carbons (Fsp3) is 0.697. The Kier molecular flexibility index (Phi) is 65.8. The van der Waals surface area contributed by atoms with Crippen molar-refractivity contribution < 1.29 is 28.6 Å². The Morgan fingerprint density at radius 1 is 0.256 bits per heavy atom. The van der Waals surface area contributed by atoms with Crippen LogP contribution < -0.4 is 0 Å². The molecule has 0 saturated heterocycles. The van der Waals surface area contributed by atoms with Crippen molar-refractivity contribution in [2.75, 3.05) is 13.2 Å². The molecule has 0 aliphatic rings. The highest BCUT2D eigenvalue weighted by molar-refractivity contribution is 5.71. The molecular formula is C76H128O6. The highest BCUT2D eigenvalue weighted by Crippen LogP contribution is 2.17. The van der Waals surface area contributed by atoms with E-state index in [0.29, 0.717) is 19.3 Å². The summed E-state index contributed by atoms with van der Waals surface area (Å²) in [7, 11) is 0. The summed E-state index contributed by atoms with van der Waals surface area (Å²) in [4.78, 5) is 38.1. The van der Waals surface area contributed by atoms with Gasteiger partial charge in [-0.2, -0.15) is 0 Å². The maximum Gasteiger partial charge on any atom is 0.306 e. The Balaban J connectivity index is 4.04.